The summed E-state index contributed by atoms with van der Waals surface area (Å²) in [6.07, 6.45) is 4.45. The summed E-state index contributed by atoms with van der Waals surface area (Å²) in [6.45, 7) is 0. The van der Waals surface area contributed by atoms with Gasteiger partial charge in [-0.1, -0.05) is 22.2 Å². The molecule has 0 radical (unpaired) electrons. The number of hydrogen-bond acceptors (Lipinski definition) is 3. The molecule has 0 aliphatic carbocycles. The second kappa shape index (κ2) is 3.97. The monoisotopic (exact) mass is 239 g/mol. The van der Waals surface area contributed by atoms with E-state index in [0.29, 0.717) is 5.75 Å². The summed E-state index contributed by atoms with van der Waals surface area (Å²) < 4.78 is 31.0. The highest BCUT2D eigenvalue weighted by Gasteiger charge is 2.21. The minimum atomic E-state index is -3.80. The number of para-hydroxylation sites is 1. The van der Waals surface area contributed by atoms with Crippen LogP contribution in [0, 0.1) is 0 Å². The van der Waals surface area contributed by atoms with Crippen molar-refractivity contribution in [2.45, 2.75) is 0 Å². The molecule has 2 aromatic rings. The van der Waals surface area contributed by atoms with E-state index in [9.17, 15) is 8.42 Å². The Morgan fingerprint density at radius 1 is 1.25 bits per heavy atom. The Bertz CT molecular complexity index is 575. The first-order chi connectivity index (χ1) is 7.58. The second-order valence-electron chi connectivity index (χ2n) is 3.26. The molecule has 1 aromatic carbocycles. The number of nitrogens with zero attached hydrogens (tertiary/aromatic N) is 2. The molecule has 84 valence electrons. The van der Waals surface area contributed by atoms with E-state index < -0.39 is 10.3 Å². The van der Waals surface area contributed by atoms with Crippen molar-refractivity contribution in [2.24, 2.45) is 7.05 Å². The van der Waals surface area contributed by atoms with Crippen LogP contribution in [0.25, 0.3) is 0 Å². The van der Waals surface area contributed by atoms with Gasteiger partial charge in [-0.3, -0.25) is 0 Å². The minimum absolute atomic E-state index is 0.291. The van der Waals surface area contributed by atoms with Crippen LogP contribution in [0.5, 0.6) is 5.75 Å². The number of benzene rings is 1. The molecule has 0 unspecified atom stereocenters. The number of rotatable bonds is 3. The van der Waals surface area contributed by atoms with Gasteiger partial charge in [-0.2, -0.15) is 0 Å². The molecule has 0 atom stereocenters. The van der Waals surface area contributed by atoms with Crippen LogP contribution >= 0.6 is 0 Å². The zero-order valence-corrected chi connectivity index (χ0v) is 9.46. The van der Waals surface area contributed by atoms with Gasteiger partial charge in [-0.05, 0) is 12.1 Å². The van der Waals surface area contributed by atoms with Crippen LogP contribution in [0.3, 0.4) is 0 Å². The third-order valence-electron chi connectivity index (χ3n) is 1.95. The lowest BCUT2D eigenvalue weighted by molar-refractivity contribution is -0.670. The fourth-order valence-corrected chi connectivity index (χ4v) is 2.11. The molecular weight excluding hydrogens is 228 g/mol. The van der Waals surface area contributed by atoms with Crippen LogP contribution in [-0.2, 0) is 17.4 Å². The number of imidazole rings is 1. The molecule has 6 heteroatoms. The summed E-state index contributed by atoms with van der Waals surface area (Å²) in [4.78, 5) is 0. The van der Waals surface area contributed by atoms with E-state index in [1.807, 2.05) is 0 Å². The molecule has 0 spiro atoms. The molecule has 1 aromatic heterocycles. The fourth-order valence-electron chi connectivity index (χ4n) is 1.20. The van der Waals surface area contributed by atoms with Crippen molar-refractivity contribution in [2.75, 3.05) is 0 Å². The molecule has 16 heavy (non-hydrogen) atoms. The largest absolute Gasteiger partial charge is 0.491 e. The van der Waals surface area contributed by atoms with Gasteiger partial charge in [-0.25, -0.2) is 4.57 Å². The highest BCUT2D eigenvalue weighted by molar-refractivity contribution is 7.85. The van der Waals surface area contributed by atoms with E-state index in [1.54, 1.807) is 48.1 Å². The molecule has 0 N–H and O–H groups in total. The van der Waals surface area contributed by atoms with E-state index in [2.05, 4.69) is 0 Å². The SMILES string of the molecule is C[n+]1ccn(S(=O)(=O)Oc2ccccc2)c1. The topological polar surface area (TPSA) is 52.2 Å². The van der Waals surface area contributed by atoms with Gasteiger partial charge in [0, 0.05) is 0 Å². The van der Waals surface area contributed by atoms with Gasteiger partial charge < -0.3 is 4.18 Å². The minimum Gasteiger partial charge on any atom is -0.351 e. The van der Waals surface area contributed by atoms with Gasteiger partial charge in [0.05, 0.1) is 7.05 Å². The molecule has 0 fully saturated rings. The number of aromatic nitrogens is 2. The van der Waals surface area contributed by atoms with Gasteiger partial charge in [0.25, 0.3) is 6.33 Å². The number of aryl methyl sites for hydroxylation is 1. The van der Waals surface area contributed by atoms with E-state index in [1.165, 1.54) is 12.5 Å². The quantitative estimate of drug-likeness (QED) is 0.732. The van der Waals surface area contributed by atoms with Crippen molar-refractivity contribution in [1.82, 2.24) is 3.97 Å². The van der Waals surface area contributed by atoms with E-state index in [0.717, 1.165) is 3.97 Å². The summed E-state index contributed by atoms with van der Waals surface area (Å²) in [5.41, 5.74) is 0. The summed E-state index contributed by atoms with van der Waals surface area (Å²) in [7, 11) is -2.07. The van der Waals surface area contributed by atoms with Crippen molar-refractivity contribution < 1.29 is 17.2 Å². The highest BCUT2D eigenvalue weighted by atomic mass is 32.2. The summed E-state index contributed by atoms with van der Waals surface area (Å²) in [5, 5.41) is 0. The summed E-state index contributed by atoms with van der Waals surface area (Å²) in [5.74, 6) is 0.291. The number of hydrogen-bond donors (Lipinski definition) is 0. The van der Waals surface area contributed by atoms with E-state index in [-0.39, 0.29) is 0 Å². The van der Waals surface area contributed by atoms with E-state index >= 15 is 0 Å². The Balaban J connectivity index is 2.28. The average Bonchev–Trinajstić information content (AvgIpc) is 2.66. The maximum absolute atomic E-state index is 11.7. The fraction of sp³-hybridized carbons (Fsp3) is 0.100. The first kappa shape index (κ1) is 10.7. The van der Waals surface area contributed by atoms with E-state index in [4.69, 9.17) is 4.18 Å². The lowest BCUT2D eigenvalue weighted by atomic mass is 10.3. The van der Waals surface area contributed by atoms with Crippen LogP contribution in [0.1, 0.15) is 0 Å². The van der Waals surface area contributed by atoms with Gasteiger partial charge in [0.15, 0.2) is 6.20 Å². The molecular formula is C10H11N2O3S+. The molecule has 0 saturated carbocycles. The molecule has 0 bridgehead atoms. The first-order valence-electron chi connectivity index (χ1n) is 4.61. The van der Waals surface area contributed by atoms with Crippen LogP contribution in [0.15, 0.2) is 49.1 Å². The van der Waals surface area contributed by atoms with Crippen LogP contribution < -0.4 is 8.75 Å². The smallest absolute Gasteiger partial charge is 0.351 e. The Morgan fingerprint density at radius 2 is 1.94 bits per heavy atom. The molecule has 5 nitrogen and oxygen atoms in total. The van der Waals surface area contributed by atoms with Gasteiger partial charge in [-0.15, -0.1) is 8.42 Å². The zero-order chi connectivity index (χ0) is 11.6. The molecule has 2 rings (SSSR count). The van der Waals surface area contributed by atoms with Gasteiger partial charge >= 0.3 is 10.3 Å². The average molecular weight is 239 g/mol. The molecule has 0 saturated heterocycles. The standard InChI is InChI=1S/C10H11N2O3S/c1-11-7-8-12(9-11)16(13,14)15-10-5-3-2-4-6-10/h2-9H,1H3/q+1. The summed E-state index contributed by atoms with van der Waals surface area (Å²) in [6, 6.07) is 8.37. The van der Waals surface area contributed by atoms with Gasteiger partial charge in [0.1, 0.15) is 11.9 Å². The van der Waals surface area contributed by atoms with Crippen LogP contribution in [-0.4, -0.2) is 12.4 Å². The summed E-state index contributed by atoms with van der Waals surface area (Å²) >= 11 is 0. The Morgan fingerprint density at radius 3 is 2.50 bits per heavy atom. The first-order valence-corrected chi connectivity index (χ1v) is 5.98. The second-order valence-corrected chi connectivity index (χ2v) is 4.71. The Labute approximate surface area is 93.8 Å². The molecule has 0 amide bonds. The predicted molar refractivity (Wildman–Crippen MR) is 57.0 cm³/mol. The zero-order valence-electron chi connectivity index (χ0n) is 8.65. The Hall–Kier alpha value is -1.82. The third kappa shape index (κ3) is 2.22. The van der Waals surface area contributed by atoms with Crippen molar-refractivity contribution in [3.8, 4) is 5.75 Å². The molecule has 1 heterocycles. The third-order valence-corrected chi connectivity index (χ3v) is 3.08. The maximum atomic E-state index is 11.7. The Kier molecular flexibility index (Phi) is 2.66. The van der Waals surface area contributed by atoms with Crippen molar-refractivity contribution >= 4 is 10.3 Å². The molecule has 0 aliphatic rings. The lowest BCUT2D eigenvalue weighted by Crippen LogP contribution is -2.26. The lowest BCUT2D eigenvalue weighted by Gasteiger charge is -2.01. The maximum Gasteiger partial charge on any atom is 0.491 e. The van der Waals surface area contributed by atoms with Crippen LogP contribution in [0.2, 0.25) is 0 Å². The van der Waals surface area contributed by atoms with Crippen molar-refractivity contribution in [1.29, 1.82) is 0 Å². The van der Waals surface area contributed by atoms with Crippen LogP contribution in [0.4, 0.5) is 0 Å². The molecule has 0 aliphatic heterocycles. The highest BCUT2D eigenvalue weighted by Crippen LogP contribution is 2.12. The van der Waals surface area contributed by atoms with Crippen molar-refractivity contribution in [3.05, 3.63) is 49.1 Å². The van der Waals surface area contributed by atoms with Crippen molar-refractivity contribution in [3.63, 3.8) is 0 Å². The predicted octanol–water partition coefficient (Wildman–Crippen LogP) is 0.484. The van der Waals surface area contributed by atoms with Gasteiger partial charge in [0.2, 0.25) is 0 Å². The normalized spacial score (nSPS) is 11.3.